The lowest BCUT2D eigenvalue weighted by molar-refractivity contribution is 0.554. The van der Waals surface area contributed by atoms with Crippen molar-refractivity contribution in [2.45, 2.75) is 24.7 Å². The molecule has 0 aromatic heterocycles. The summed E-state index contributed by atoms with van der Waals surface area (Å²) in [5.41, 5.74) is 0. The molecule has 1 aromatic carbocycles. The highest BCUT2D eigenvalue weighted by Gasteiger charge is 2.01. The van der Waals surface area contributed by atoms with Gasteiger partial charge in [0.2, 0.25) is 0 Å². The number of benzene rings is 1. The molecular formula is C12H17FS2. The summed E-state index contributed by atoms with van der Waals surface area (Å²) in [6.45, 7) is 2.24. The Hall–Kier alpha value is -0.150. The molecule has 0 aliphatic heterocycles. The molecule has 0 saturated heterocycles. The first-order valence-electron chi connectivity index (χ1n) is 5.21. The van der Waals surface area contributed by atoms with Crippen molar-refractivity contribution in [1.29, 1.82) is 0 Å². The lowest BCUT2D eigenvalue weighted by Crippen LogP contribution is -1.97. The summed E-state index contributed by atoms with van der Waals surface area (Å²) in [6, 6.07) is 6.79. The normalized spacial score (nSPS) is 12.7. The van der Waals surface area contributed by atoms with E-state index in [0.717, 1.165) is 22.8 Å². The fraction of sp³-hybridized carbons (Fsp3) is 0.500. The van der Waals surface area contributed by atoms with E-state index in [9.17, 15) is 4.39 Å². The quantitative estimate of drug-likeness (QED) is 0.576. The molecule has 1 unspecified atom stereocenters. The zero-order chi connectivity index (χ0) is 11.1. The smallest absolute Gasteiger partial charge is 0.124 e. The molecule has 0 radical (unpaired) electrons. The topological polar surface area (TPSA) is 0 Å². The third-order valence-corrected chi connectivity index (χ3v) is 3.58. The van der Waals surface area contributed by atoms with Gasteiger partial charge in [-0.05, 0) is 48.5 Å². The van der Waals surface area contributed by atoms with Crippen LogP contribution in [0.3, 0.4) is 0 Å². The predicted octanol–water partition coefficient (Wildman–Crippen LogP) is 4.26. The van der Waals surface area contributed by atoms with E-state index in [0.29, 0.717) is 5.92 Å². The van der Waals surface area contributed by atoms with Gasteiger partial charge in [-0.25, -0.2) is 4.39 Å². The van der Waals surface area contributed by atoms with E-state index in [4.69, 9.17) is 0 Å². The largest absolute Gasteiger partial charge is 0.207 e. The highest BCUT2D eigenvalue weighted by atomic mass is 32.2. The van der Waals surface area contributed by atoms with Crippen LogP contribution in [0.2, 0.25) is 0 Å². The Bertz CT molecular complexity index is 289. The van der Waals surface area contributed by atoms with Crippen LogP contribution in [-0.4, -0.2) is 11.5 Å². The molecule has 84 valence electrons. The van der Waals surface area contributed by atoms with Crippen molar-refractivity contribution < 1.29 is 4.39 Å². The summed E-state index contributed by atoms with van der Waals surface area (Å²) in [4.78, 5) is 1.02. The van der Waals surface area contributed by atoms with Crippen LogP contribution in [0.4, 0.5) is 4.39 Å². The molecule has 1 atom stereocenters. The summed E-state index contributed by atoms with van der Waals surface area (Å²) in [6.07, 6.45) is 2.33. The Morgan fingerprint density at radius 1 is 1.40 bits per heavy atom. The van der Waals surface area contributed by atoms with Crippen molar-refractivity contribution in [3.05, 3.63) is 30.1 Å². The summed E-state index contributed by atoms with van der Waals surface area (Å²) in [7, 11) is 0. The third-order valence-electron chi connectivity index (χ3n) is 2.30. The van der Waals surface area contributed by atoms with Crippen LogP contribution >= 0.6 is 24.4 Å². The molecule has 0 heterocycles. The van der Waals surface area contributed by atoms with Crippen LogP contribution < -0.4 is 0 Å². The molecule has 0 amide bonds. The summed E-state index contributed by atoms with van der Waals surface area (Å²) >= 11 is 5.93. The third kappa shape index (κ3) is 5.47. The van der Waals surface area contributed by atoms with Crippen LogP contribution in [0.5, 0.6) is 0 Å². The van der Waals surface area contributed by atoms with E-state index in [1.54, 1.807) is 23.9 Å². The minimum Gasteiger partial charge on any atom is -0.207 e. The van der Waals surface area contributed by atoms with E-state index in [1.165, 1.54) is 12.5 Å². The van der Waals surface area contributed by atoms with Crippen molar-refractivity contribution in [1.82, 2.24) is 0 Å². The van der Waals surface area contributed by atoms with Crippen LogP contribution in [0.15, 0.2) is 29.2 Å². The zero-order valence-corrected chi connectivity index (χ0v) is 10.7. The van der Waals surface area contributed by atoms with Gasteiger partial charge < -0.3 is 0 Å². The van der Waals surface area contributed by atoms with Crippen molar-refractivity contribution >= 4 is 24.4 Å². The molecule has 3 heteroatoms. The Morgan fingerprint density at radius 2 is 2.20 bits per heavy atom. The Kier molecular flexibility index (Phi) is 6.18. The van der Waals surface area contributed by atoms with Crippen molar-refractivity contribution in [3.63, 3.8) is 0 Å². The SMILES string of the molecule is CC(CCS)CCSc1cccc(F)c1. The highest BCUT2D eigenvalue weighted by Crippen LogP contribution is 2.22. The van der Waals surface area contributed by atoms with Crippen LogP contribution in [0.25, 0.3) is 0 Å². The Morgan fingerprint density at radius 3 is 2.87 bits per heavy atom. The van der Waals surface area contributed by atoms with E-state index in [1.807, 2.05) is 6.07 Å². The van der Waals surface area contributed by atoms with Gasteiger partial charge in [-0.15, -0.1) is 11.8 Å². The maximum absolute atomic E-state index is 12.9. The summed E-state index contributed by atoms with van der Waals surface area (Å²) in [5.74, 6) is 2.57. The number of hydrogen-bond donors (Lipinski definition) is 1. The molecule has 0 saturated carbocycles. The molecule has 0 aliphatic rings. The average molecular weight is 244 g/mol. The fourth-order valence-corrected chi connectivity index (χ4v) is 2.87. The lowest BCUT2D eigenvalue weighted by atomic mass is 10.1. The lowest BCUT2D eigenvalue weighted by Gasteiger charge is -2.08. The van der Waals surface area contributed by atoms with Crippen molar-refractivity contribution in [2.24, 2.45) is 5.92 Å². The Labute approximate surface area is 101 Å². The van der Waals surface area contributed by atoms with Crippen LogP contribution in [0.1, 0.15) is 19.8 Å². The number of hydrogen-bond acceptors (Lipinski definition) is 2. The van der Waals surface area contributed by atoms with Crippen LogP contribution in [-0.2, 0) is 0 Å². The number of rotatable bonds is 6. The van der Waals surface area contributed by atoms with E-state index >= 15 is 0 Å². The van der Waals surface area contributed by atoms with E-state index in [-0.39, 0.29) is 5.82 Å². The van der Waals surface area contributed by atoms with E-state index < -0.39 is 0 Å². The van der Waals surface area contributed by atoms with Gasteiger partial charge >= 0.3 is 0 Å². The molecular weight excluding hydrogens is 227 g/mol. The number of thioether (sulfide) groups is 1. The predicted molar refractivity (Wildman–Crippen MR) is 69.4 cm³/mol. The maximum atomic E-state index is 12.9. The number of thiol groups is 1. The van der Waals surface area contributed by atoms with Gasteiger partial charge in [-0.3, -0.25) is 0 Å². The first kappa shape index (κ1) is 12.9. The van der Waals surface area contributed by atoms with Gasteiger partial charge in [0.05, 0.1) is 0 Å². The van der Waals surface area contributed by atoms with Gasteiger partial charge in [-0.1, -0.05) is 13.0 Å². The molecule has 0 bridgehead atoms. The minimum absolute atomic E-state index is 0.150. The van der Waals surface area contributed by atoms with Crippen molar-refractivity contribution in [2.75, 3.05) is 11.5 Å². The fourth-order valence-electron chi connectivity index (χ4n) is 1.30. The Balaban J connectivity index is 2.25. The second kappa shape index (κ2) is 7.18. The first-order chi connectivity index (χ1) is 7.22. The first-order valence-corrected chi connectivity index (χ1v) is 6.83. The molecule has 15 heavy (non-hydrogen) atoms. The maximum Gasteiger partial charge on any atom is 0.124 e. The van der Waals surface area contributed by atoms with Gasteiger partial charge in [0.15, 0.2) is 0 Å². The summed E-state index contributed by atoms with van der Waals surface area (Å²) < 4.78 is 12.9. The molecule has 0 fully saturated rings. The molecule has 0 nitrogen and oxygen atoms in total. The minimum atomic E-state index is -0.150. The van der Waals surface area contributed by atoms with Gasteiger partial charge in [0, 0.05) is 4.90 Å². The summed E-state index contributed by atoms with van der Waals surface area (Å²) in [5, 5.41) is 0. The van der Waals surface area contributed by atoms with Gasteiger partial charge in [-0.2, -0.15) is 12.6 Å². The number of halogens is 1. The molecule has 1 aromatic rings. The highest BCUT2D eigenvalue weighted by molar-refractivity contribution is 7.99. The second-order valence-electron chi connectivity index (χ2n) is 3.71. The van der Waals surface area contributed by atoms with Crippen molar-refractivity contribution in [3.8, 4) is 0 Å². The van der Waals surface area contributed by atoms with Gasteiger partial charge in [0.1, 0.15) is 5.82 Å². The monoisotopic (exact) mass is 244 g/mol. The van der Waals surface area contributed by atoms with Crippen LogP contribution in [0, 0.1) is 11.7 Å². The molecule has 0 spiro atoms. The van der Waals surface area contributed by atoms with E-state index in [2.05, 4.69) is 19.6 Å². The molecule has 1 rings (SSSR count). The van der Waals surface area contributed by atoms with Gasteiger partial charge in [0.25, 0.3) is 0 Å². The second-order valence-corrected chi connectivity index (χ2v) is 5.33. The molecule has 0 N–H and O–H groups in total. The molecule has 0 aliphatic carbocycles. The zero-order valence-electron chi connectivity index (χ0n) is 8.95. The standard InChI is InChI=1S/C12H17FS2/c1-10(5-7-14)6-8-15-12-4-2-3-11(13)9-12/h2-4,9-10,14H,5-8H2,1H3. The average Bonchev–Trinajstić information content (AvgIpc) is 2.18.